The van der Waals surface area contributed by atoms with Crippen LogP contribution in [0.4, 0.5) is 27.6 Å². The summed E-state index contributed by atoms with van der Waals surface area (Å²) in [5.74, 6) is -3.59. The number of aryl methyl sites for hydroxylation is 1. The molecular formula is C32H31F5N6O. The van der Waals surface area contributed by atoms with Crippen molar-refractivity contribution in [1.29, 1.82) is 5.26 Å². The third-order valence-corrected chi connectivity index (χ3v) is 10.2. The van der Waals surface area contributed by atoms with Crippen molar-refractivity contribution in [3.05, 3.63) is 76.4 Å². The number of likely N-dealkylation sites (tertiary alicyclic amines) is 1. The van der Waals surface area contributed by atoms with Crippen LogP contribution in [0.1, 0.15) is 64.1 Å². The smallest absolute Gasteiger partial charge is 0.321 e. The van der Waals surface area contributed by atoms with Crippen LogP contribution in [-0.4, -0.2) is 44.6 Å². The molecule has 2 saturated carbocycles. The summed E-state index contributed by atoms with van der Waals surface area (Å²) in [4.78, 5) is 16.9. The first-order chi connectivity index (χ1) is 20.9. The van der Waals surface area contributed by atoms with E-state index in [0.717, 1.165) is 17.5 Å². The molecule has 1 saturated heterocycles. The molecule has 4 aliphatic rings. The minimum atomic E-state index is -4.69. The highest BCUT2D eigenvalue weighted by Gasteiger charge is 2.54. The second-order valence-electron chi connectivity index (χ2n) is 13.0. The quantitative estimate of drug-likeness (QED) is 0.326. The van der Waals surface area contributed by atoms with Crippen molar-refractivity contribution in [3.8, 4) is 6.07 Å². The van der Waals surface area contributed by atoms with E-state index in [2.05, 4.69) is 16.3 Å². The molecule has 0 bridgehead atoms. The maximum Gasteiger partial charge on any atom is 0.416 e. The van der Waals surface area contributed by atoms with Gasteiger partial charge >= 0.3 is 6.18 Å². The monoisotopic (exact) mass is 610 g/mol. The van der Waals surface area contributed by atoms with Gasteiger partial charge in [0.25, 0.3) is 11.8 Å². The zero-order valence-corrected chi connectivity index (χ0v) is 24.1. The van der Waals surface area contributed by atoms with Crippen molar-refractivity contribution in [2.45, 2.75) is 62.7 Å². The number of nitriles is 1. The number of anilines is 1. The van der Waals surface area contributed by atoms with Crippen molar-refractivity contribution < 1.29 is 26.7 Å². The van der Waals surface area contributed by atoms with Gasteiger partial charge in [0.2, 0.25) is 0 Å². The van der Waals surface area contributed by atoms with E-state index in [0.29, 0.717) is 43.5 Å². The number of amides is 1. The second kappa shape index (κ2) is 10.1. The molecule has 3 heterocycles. The predicted octanol–water partition coefficient (Wildman–Crippen LogP) is 5.89. The van der Waals surface area contributed by atoms with Crippen LogP contribution in [0.3, 0.4) is 0 Å². The molecule has 3 fully saturated rings. The number of carbonyl (C=O) groups excluding carboxylic acids is 1. The molecule has 7 nitrogen and oxygen atoms in total. The van der Waals surface area contributed by atoms with Crippen LogP contribution in [0.2, 0.25) is 0 Å². The van der Waals surface area contributed by atoms with E-state index in [1.807, 2.05) is 23.7 Å². The number of hydrogen-bond donors (Lipinski definition) is 0. The SMILES string of the molecule is Cn1cnnc1C[C@]1(c2cccc(N3Cc4c(cc(CN5CC6CCC(F)(F)C6C5)cc4C(F)(F)F)C3=O)c2)C[C@H](C#N)C1. The maximum atomic E-state index is 14.4. The standard InChI is InChI=1S/C32H31F5N6O/c1-41-18-39-40-28(41)12-30(10-20(11-30)13-38)22-3-2-4-23(9-22)43-16-25-24(29(43)44)7-19(8-26(25)32(35,36)37)14-42-15-21-5-6-31(33,34)27(21)17-42/h2-4,7-9,18,20-21,27H,5-6,10-12,14-17H2,1H3/t20-,21?,27?,30-. The molecule has 2 unspecified atom stereocenters. The van der Waals surface area contributed by atoms with Crippen LogP contribution in [0.5, 0.6) is 0 Å². The molecule has 2 aliphatic heterocycles. The Morgan fingerprint density at radius 1 is 1.14 bits per heavy atom. The van der Waals surface area contributed by atoms with E-state index in [9.17, 15) is 32.0 Å². The Kier molecular flexibility index (Phi) is 6.63. The van der Waals surface area contributed by atoms with Gasteiger partial charge in [-0.2, -0.15) is 18.4 Å². The number of alkyl halides is 5. The van der Waals surface area contributed by atoms with Crippen molar-refractivity contribution in [1.82, 2.24) is 19.7 Å². The number of rotatable bonds is 6. The van der Waals surface area contributed by atoms with Crippen molar-refractivity contribution >= 4 is 11.6 Å². The molecule has 7 rings (SSSR count). The van der Waals surface area contributed by atoms with Gasteiger partial charge in [-0.15, -0.1) is 10.2 Å². The highest BCUT2D eigenvalue weighted by Crippen LogP contribution is 2.51. The fourth-order valence-corrected chi connectivity index (χ4v) is 7.93. The number of hydrogen-bond acceptors (Lipinski definition) is 5. The molecule has 0 spiro atoms. The number of carbonyl (C=O) groups is 1. The molecule has 0 N–H and O–H groups in total. The summed E-state index contributed by atoms with van der Waals surface area (Å²) in [5.41, 5.74) is 0.295. The van der Waals surface area contributed by atoms with E-state index in [1.54, 1.807) is 23.4 Å². The molecule has 2 aliphatic carbocycles. The van der Waals surface area contributed by atoms with E-state index < -0.39 is 34.9 Å². The number of nitrogens with zero attached hydrogens (tertiary/aromatic N) is 6. The molecule has 1 amide bonds. The Morgan fingerprint density at radius 2 is 1.93 bits per heavy atom. The largest absolute Gasteiger partial charge is 0.416 e. The van der Waals surface area contributed by atoms with E-state index in [1.165, 1.54) is 11.0 Å². The number of fused-ring (bicyclic) bond motifs is 2. The molecular weight excluding hydrogens is 579 g/mol. The van der Waals surface area contributed by atoms with Gasteiger partial charge in [-0.05, 0) is 66.1 Å². The molecule has 230 valence electrons. The van der Waals surface area contributed by atoms with Crippen LogP contribution in [-0.2, 0) is 38.1 Å². The molecule has 1 aromatic heterocycles. The third-order valence-electron chi connectivity index (χ3n) is 10.2. The van der Waals surface area contributed by atoms with Gasteiger partial charge in [-0.3, -0.25) is 9.69 Å². The van der Waals surface area contributed by atoms with E-state index in [-0.39, 0.29) is 49.0 Å². The van der Waals surface area contributed by atoms with Crippen LogP contribution < -0.4 is 4.90 Å². The first-order valence-electron chi connectivity index (χ1n) is 14.8. The van der Waals surface area contributed by atoms with Crippen LogP contribution in [0.25, 0.3) is 0 Å². The lowest BCUT2D eigenvalue weighted by atomic mass is 9.57. The summed E-state index contributed by atoms with van der Waals surface area (Å²) >= 11 is 0. The van der Waals surface area contributed by atoms with Gasteiger partial charge in [-0.1, -0.05) is 12.1 Å². The average Bonchev–Trinajstić information content (AvgIpc) is 3.71. The summed E-state index contributed by atoms with van der Waals surface area (Å²) in [5, 5.41) is 17.7. The Bertz CT molecular complexity index is 1670. The number of aromatic nitrogens is 3. The highest BCUT2D eigenvalue weighted by atomic mass is 19.4. The molecule has 0 radical (unpaired) electrons. The minimum absolute atomic E-state index is 0.00747. The average molecular weight is 611 g/mol. The zero-order chi connectivity index (χ0) is 31.0. The maximum absolute atomic E-state index is 14.4. The zero-order valence-electron chi connectivity index (χ0n) is 24.1. The van der Waals surface area contributed by atoms with Gasteiger partial charge in [0.15, 0.2) is 0 Å². The highest BCUT2D eigenvalue weighted by molar-refractivity contribution is 6.10. The summed E-state index contributed by atoms with van der Waals surface area (Å²) in [7, 11) is 1.84. The molecule has 2 aromatic carbocycles. The van der Waals surface area contributed by atoms with Gasteiger partial charge in [-0.25, -0.2) is 8.78 Å². The lowest BCUT2D eigenvalue weighted by molar-refractivity contribution is -0.138. The van der Waals surface area contributed by atoms with E-state index >= 15 is 0 Å². The van der Waals surface area contributed by atoms with Crippen LogP contribution >= 0.6 is 0 Å². The second-order valence-corrected chi connectivity index (χ2v) is 13.0. The first-order valence-corrected chi connectivity index (χ1v) is 14.8. The number of benzene rings is 2. The van der Waals surface area contributed by atoms with Crippen molar-refractivity contribution in [2.24, 2.45) is 24.8 Å². The minimum Gasteiger partial charge on any atom is -0.321 e. The third kappa shape index (κ3) is 4.76. The first kappa shape index (κ1) is 28.9. The summed E-state index contributed by atoms with van der Waals surface area (Å²) in [6, 6.07) is 12.2. The lowest BCUT2D eigenvalue weighted by Gasteiger charge is -2.45. The van der Waals surface area contributed by atoms with Crippen LogP contribution in [0.15, 0.2) is 42.7 Å². The Hall–Kier alpha value is -3.85. The predicted molar refractivity (Wildman–Crippen MR) is 150 cm³/mol. The fourth-order valence-electron chi connectivity index (χ4n) is 7.93. The molecule has 2 atom stereocenters. The molecule has 12 heteroatoms. The van der Waals surface area contributed by atoms with Gasteiger partial charge in [0.05, 0.1) is 18.2 Å². The van der Waals surface area contributed by atoms with Gasteiger partial charge in [0, 0.05) is 68.0 Å². The Balaban J connectivity index is 1.18. The number of halogens is 5. The fraction of sp³-hybridized carbons (Fsp3) is 0.500. The van der Waals surface area contributed by atoms with Gasteiger partial charge in [0.1, 0.15) is 12.2 Å². The van der Waals surface area contributed by atoms with Crippen molar-refractivity contribution in [3.63, 3.8) is 0 Å². The Morgan fingerprint density at radius 3 is 2.61 bits per heavy atom. The Labute approximate surface area is 251 Å². The normalized spacial score (nSPS) is 27.7. The van der Waals surface area contributed by atoms with Crippen LogP contribution in [0, 0.1) is 29.1 Å². The molecule has 44 heavy (non-hydrogen) atoms. The van der Waals surface area contributed by atoms with Gasteiger partial charge < -0.3 is 9.47 Å². The lowest BCUT2D eigenvalue weighted by Crippen LogP contribution is -2.43. The van der Waals surface area contributed by atoms with Crippen molar-refractivity contribution in [2.75, 3.05) is 18.0 Å². The molecule has 3 aromatic rings. The van der Waals surface area contributed by atoms with E-state index in [4.69, 9.17) is 0 Å². The summed E-state index contributed by atoms with van der Waals surface area (Å²) in [6.07, 6.45) is -1.08. The summed E-state index contributed by atoms with van der Waals surface area (Å²) < 4.78 is 73.5. The summed E-state index contributed by atoms with van der Waals surface area (Å²) in [6.45, 7) is 0.386. The topological polar surface area (TPSA) is 78.1 Å².